The number of nitrogens with zero attached hydrogens (tertiary/aromatic N) is 2. The van der Waals surface area contributed by atoms with E-state index < -0.39 is 0 Å². The fourth-order valence-corrected chi connectivity index (χ4v) is 1.83. The molecule has 5 nitrogen and oxygen atoms in total. The Morgan fingerprint density at radius 1 is 1.15 bits per heavy atom. The molecule has 2 saturated heterocycles. The molecule has 0 radical (unpaired) electrons. The van der Waals surface area contributed by atoms with Crippen LogP contribution in [0, 0.1) is 0 Å². The van der Waals surface area contributed by atoms with Gasteiger partial charge in [-0.2, -0.15) is 0 Å². The van der Waals surface area contributed by atoms with Gasteiger partial charge >= 0.3 is 0 Å². The van der Waals surface area contributed by atoms with Crippen LogP contribution in [0.15, 0.2) is 0 Å². The monoisotopic (exact) mass is 186 g/mol. The number of hydrogen-bond acceptors (Lipinski definition) is 5. The van der Waals surface area contributed by atoms with Crippen molar-refractivity contribution in [2.24, 2.45) is 0 Å². The standard InChI is InChI=1S/C8H18N4O/c13-8(12-4-2-10-7-12)5-11-3-1-9-6-11/h8-10,13H,1-7H2. The Balaban J connectivity index is 1.73. The molecular weight excluding hydrogens is 168 g/mol. The van der Waals surface area contributed by atoms with E-state index in [1.54, 1.807) is 0 Å². The Hall–Kier alpha value is -0.200. The summed E-state index contributed by atoms with van der Waals surface area (Å²) in [5.41, 5.74) is 0. The smallest absolute Gasteiger partial charge is 0.121 e. The normalized spacial score (nSPS) is 28.4. The van der Waals surface area contributed by atoms with Gasteiger partial charge in [0.15, 0.2) is 0 Å². The van der Waals surface area contributed by atoms with Gasteiger partial charge in [0.1, 0.15) is 6.23 Å². The number of hydrogen-bond donors (Lipinski definition) is 3. The summed E-state index contributed by atoms with van der Waals surface area (Å²) in [6.07, 6.45) is -0.310. The lowest BCUT2D eigenvalue weighted by Crippen LogP contribution is -2.43. The number of aliphatic hydroxyl groups excluding tert-OH is 1. The Morgan fingerprint density at radius 3 is 2.54 bits per heavy atom. The van der Waals surface area contributed by atoms with E-state index in [2.05, 4.69) is 20.4 Å². The molecule has 0 amide bonds. The minimum absolute atomic E-state index is 0.310. The van der Waals surface area contributed by atoms with Crippen LogP contribution in [-0.2, 0) is 0 Å². The van der Waals surface area contributed by atoms with Crippen LogP contribution in [0.25, 0.3) is 0 Å². The maximum Gasteiger partial charge on any atom is 0.121 e. The molecular formula is C8H18N4O. The zero-order valence-corrected chi connectivity index (χ0v) is 7.87. The molecule has 76 valence electrons. The summed E-state index contributed by atoms with van der Waals surface area (Å²) in [7, 11) is 0. The van der Waals surface area contributed by atoms with Crippen molar-refractivity contribution in [2.45, 2.75) is 6.23 Å². The van der Waals surface area contributed by atoms with E-state index in [0.29, 0.717) is 0 Å². The maximum absolute atomic E-state index is 9.83. The maximum atomic E-state index is 9.83. The van der Waals surface area contributed by atoms with Gasteiger partial charge in [-0.05, 0) is 0 Å². The van der Waals surface area contributed by atoms with Gasteiger partial charge in [-0.25, -0.2) is 0 Å². The second-order valence-corrected chi connectivity index (χ2v) is 3.69. The fourth-order valence-electron chi connectivity index (χ4n) is 1.83. The zero-order valence-electron chi connectivity index (χ0n) is 7.87. The van der Waals surface area contributed by atoms with Crippen molar-refractivity contribution in [3.05, 3.63) is 0 Å². The molecule has 0 aliphatic carbocycles. The number of β-amino-alcohol motifs (C(OH)–C–C–N with tert-alkyl or cyclic N) is 1. The van der Waals surface area contributed by atoms with Crippen LogP contribution in [-0.4, -0.2) is 67.2 Å². The van der Waals surface area contributed by atoms with Gasteiger partial charge in [-0.15, -0.1) is 0 Å². The minimum Gasteiger partial charge on any atom is -0.377 e. The third kappa shape index (κ3) is 2.38. The van der Waals surface area contributed by atoms with Crippen molar-refractivity contribution in [1.82, 2.24) is 20.4 Å². The lowest BCUT2D eigenvalue weighted by molar-refractivity contribution is -0.00359. The molecule has 2 heterocycles. The van der Waals surface area contributed by atoms with Crippen molar-refractivity contribution in [3.8, 4) is 0 Å². The second kappa shape index (κ2) is 4.34. The summed E-state index contributed by atoms with van der Waals surface area (Å²) in [4.78, 5) is 4.31. The van der Waals surface area contributed by atoms with Crippen LogP contribution in [0.2, 0.25) is 0 Å². The molecule has 0 spiro atoms. The molecule has 0 aromatic rings. The number of aliphatic hydroxyl groups is 1. The largest absolute Gasteiger partial charge is 0.377 e. The van der Waals surface area contributed by atoms with Gasteiger partial charge in [-0.1, -0.05) is 0 Å². The molecule has 2 aliphatic rings. The summed E-state index contributed by atoms with van der Waals surface area (Å²) in [6, 6.07) is 0. The summed E-state index contributed by atoms with van der Waals surface area (Å²) < 4.78 is 0. The average Bonchev–Trinajstić information content (AvgIpc) is 2.74. The highest BCUT2D eigenvalue weighted by molar-refractivity contribution is 4.74. The van der Waals surface area contributed by atoms with Crippen molar-refractivity contribution in [2.75, 3.05) is 46.1 Å². The van der Waals surface area contributed by atoms with Gasteiger partial charge in [0.25, 0.3) is 0 Å². The van der Waals surface area contributed by atoms with E-state index in [0.717, 1.165) is 46.1 Å². The first-order chi connectivity index (χ1) is 6.36. The van der Waals surface area contributed by atoms with Crippen LogP contribution in [0.3, 0.4) is 0 Å². The first kappa shape index (κ1) is 9.36. The van der Waals surface area contributed by atoms with Crippen LogP contribution < -0.4 is 10.6 Å². The van der Waals surface area contributed by atoms with E-state index in [9.17, 15) is 5.11 Å². The summed E-state index contributed by atoms with van der Waals surface area (Å²) in [5, 5.41) is 16.3. The molecule has 2 fully saturated rings. The van der Waals surface area contributed by atoms with Gasteiger partial charge in [-0.3, -0.25) is 9.80 Å². The molecule has 0 aromatic heterocycles. The van der Waals surface area contributed by atoms with Gasteiger partial charge < -0.3 is 15.7 Å². The Bertz CT molecular complexity index is 154. The van der Waals surface area contributed by atoms with Crippen molar-refractivity contribution in [1.29, 1.82) is 0 Å². The lowest BCUT2D eigenvalue weighted by Gasteiger charge is -2.25. The van der Waals surface area contributed by atoms with Gasteiger partial charge in [0, 0.05) is 39.4 Å². The van der Waals surface area contributed by atoms with Crippen molar-refractivity contribution < 1.29 is 5.11 Å². The molecule has 0 bridgehead atoms. The van der Waals surface area contributed by atoms with Crippen molar-refractivity contribution >= 4 is 0 Å². The number of rotatable bonds is 3. The molecule has 1 unspecified atom stereocenters. The highest BCUT2D eigenvalue weighted by Gasteiger charge is 2.22. The SMILES string of the molecule is OC(CN1CCNC1)N1CCNC1. The van der Waals surface area contributed by atoms with E-state index in [1.807, 2.05) is 0 Å². The predicted octanol–water partition coefficient (Wildman–Crippen LogP) is -1.97. The molecule has 3 N–H and O–H groups in total. The van der Waals surface area contributed by atoms with Crippen LogP contribution >= 0.6 is 0 Å². The third-order valence-electron chi connectivity index (χ3n) is 2.67. The first-order valence-corrected chi connectivity index (χ1v) is 4.92. The summed E-state index contributed by atoms with van der Waals surface area (Å²) in [5.74, 6) is 0. The van der Waals surface area contributed by atoms with Crippen LogP contribution in [0.1, 0.15) is 0 Å². The Labute approximate surface area is 78.7 Å². The molecule has 5 heteroatoms. The fraction of sp³-hybridized carbons (Fsp3) is 1.00. The molecule has 13 heavy (non-hydrogen) atoms. The second-order valence-electron chi connectivity index (χ2n) is 3.69. The minimum atomic E-state index is -0.310. The summed E-state index contributed by atoms with van der Waals surface area (Å²) >= 11 is 0. The molecule has 0 aromatic carbocycles. The number of nitrogens with one attached hydrogen (secondary N) is 2. The first-order valence-electron chi connectivity index (χ1n) is 4.92. The summed E-state index contributed by atoms with van der Waals surface area (Å²) in [6.45, 7) is 6.55. The predicted molar refractivity (Wildman–Crippen MR) is 50.0 cm³/mol. The molecule has 0 saturated carbocycles. The van der Waals surface area contributed by atoms with Crippen molar-refractivity contribution in [3.63, 3.8) is 0 Å². The highest BCUT2D eigenvalue weighted by Crippen LogP contribution is 2.02. The topological polar surface area (TPSA) is 50.8 Å². The van der Waals surface area contributed by atoms with E-state index in [4.69, 9.17) is 0 Å². The molecule has 1 atom stereocenters. The average molecular weight is 186 g/mol. The quantitative estimate of drug-likeness (QED) is 0.477. The zero-order chi connectivity index (χ0) is 9.10. The molecule has 2 aliphatic heterocycles. The van der Waals surface area contributed by atoms with E-state index in [1.165, 1.54) is 0 Å². The Kier molecular flexibility index (Phi) is 3.13. The molecule has 2 rings (SSSR count). The Morgan fingerprint density at radius 2 is 1.92 bits per heavy atom. The van der Waals surface area contributed by atoms with Crippen LogP contribution in [0.5, 0.6) is 0 Å². The van der Waals surface area contributed by atoms with Gasteiger partial charge in [0.05, 0.1) is 6.67 Å². The third-order valence-corrected chi connectivity index (χ3v) is 2.67. The van der Waals surface area contributed by atoms with E-state index in [-0.39, 0.29) is 6.23 Å². The van der Waals surface area contributed by atoms with Gasteiger partial charge in [0.2, 0.25) is 0 Å². The lowest BCUT2D eigenvalue weighted by atomic mass is 10.4. The van der Waals surface area contributed by atoms with E-state index >= 15 is 0 Å². The van der Waals surface area contributed by atoms with Crippen LogP contribution in [0.4, 0.5) is 0 Å². The highest BCUT2D eigenvalue weighted by atomic mass is 16.3.